The molecule has 0 aliphatic heterocycles. The fourth-order valence-corrected chi connectivity index (χ4v) is 4.97. The van der Waals surface area contributed by atoms with Gasteiger partial charge in [-0.3, -0.25) is 9.59 Å². The van der Waals surface area contributed by atoms with Gasteiger partial charge in [0.1, 0.15) is 0 Å². The molecular formula is C22H23N3O4S2. The number of anilines is 1. The van der Waals surface area contributed by atoms with Gasteiger partial charge in [0, 0.05) is 5.69 Å². The van der Waals surface area contributed by atoms with Crippen LogP contribution in [0.1, 0.15) is 22.3 Å². The fraction of sp³-hybridized carbons (Fsp3) is 0.227. The fourth-order valence-electron chi connectivity index (χ4n) is 3.02. The number of nitrogens with zero attached hydrogens (tertiary/aromatic N) is 1. The predicted octanol–water partition coefficient (Wildman–Crippen LogP) is 3.57. The maximum atomic E-state index is 12.8. The zero-order valence-electron chi connectivity index (χ0n) is 17.6. The summed E-state index contributed by atoms with van der Waals surface area (Å²) in [5.41, 5.74) is 3.76. The van der Waals surface area contributed by atoms with Crippen LogP contribution in [0.25, 0.3) is 0 Å². The van der Waals surface area contributed by atoms with E-state index in [0.29, 0.717) is 5.69 Å². The molecule has 31 heavy (non-hydrogen) atoms. The average Bonchev–Trinajstić information content (AvgIpc) is 2.67. The molecule has 0 fully saturated rings. The van der Waals surface area contributed by atoms with E-state index in [1.165, 1.54) is 12.1 Å². The highest BCUT2D eigenvalue weighted by Crippen LogP contribution is 2.21. The highest BCUT2D eigenvalue weighted by molar-refractivity contribution is 7.99. The van der Waals surface area contributed by atoms with Crippen molar-refractivity contribution in [1.82, 2.24) is 9.97 Å². The van der Waals surface area contributed by atoms with Crippen molar-refractivity contribution in [1.29, 1.82) is 0 Å². The summed E-state index contributed by atoms with van der Waals surface area (Å²) in [5, 5.41) is 2.97. The smallest absolute Gasteiger partial charge is 0.270 e. The number of aryl methyl sites for hydroxylation is 4. The zero-order chi connectivity index (χ0) is 22.8. The topological polar surface area (TPSA) is 109 Å². The first-order chi connectivity index (χ1) is 14.6. The van der Waals surface area contributed by atoms with Gasteiger partial charge in [-0.05, 0) is 74.2 Å². The van der Waals surface area contributed by atoms with Gasteiger partial charge in [-0.25, -0.2) is 13.4 Å². The van der Waals surface area contributed by atoms with Crippen LogP contribution in [0.15, 0.2) is 62.3 Å². The molecule has 0 unspecified atom stereocenters. The van der Waals surface area contributed by atoms with Crippen LogP contribution in [-0.4, -0.2) is 30.0 Å². The summed E-state index contributed by atoms with van der Waals surface area (Å²) in [4.78, 5) is 30.7. The molecule has 0 radical (unpaired) electrons. The summed E-state index contributed by atoms with van der Waals surface area (Å²) in [6.07, 6.45) is 1.04. The van der Waals surface area contributed by atoms with E-state index in [4.69, 9.17) is 0 Å². The van der Waals surface area contributed by atoms with Gasteiger partial charge in [0.2, 0.25) is 15.7 Å². The standard InChI is InChI=1S/C22H23N3O4S2/c1-13-7-14(2)9-17(8-13)24-20(26)12-30-22-23-11-19(21(27)25-22)31(28,29)18-6-5-15(3)16(4)10-18/h5-11H,12H2,1-4H3,(H,24,26)(H,23,25,27). The first-order valence-electron chi connectivity index (χ1n) is 9.49. The minimum Gasteiger partial charge on any atom is -0.325 e. The lowest BCUT2D eigenvalue weighted by atomic mass is 10.1. The zero-order valence-corrected chi connectivity index (χ0v) is 19.3. The van der Waals surface area contributed by atoms with Gasteiger partial charge in [-0.2, -0.15) is 0 Å². The number of carbonyl (C=O) groups excluding carboxylic acids is 1. The third kappa shape index (κ3) is 5.42. The number of nitrogens with one attached hydrogen (secondary N) is 2. The number of aromatic amines is 1. The second kappa shape index (κ2) is 9.07. The Balaban J connectivity index is 1.72. The molecule has 0 spiro atoms. The molecule has 1 aromatic heterocycles. The number of H-pyrrole nitrogens is 1. The Labute approximate surface area is 185 Å². The average molecular weight is 458 g/mol. The highest BCUT2D eigenvalue weighted by atomic mass is 32.2. The first kappa shape index (κ1) is 22.8. The van der Waals surface area contributed by atoms with E-state index in [-0.39, 0.29) is 21.7 Å². The summed E-state index contributed by atoms with van der Waals surface area (Å²) < 4.78 is 25.6. The number of amides is 1. The lowest BCUT2D eigenvalue weighted by Crippen LogP contribution is -2.20. The van der Waals surface area contributed by atoms with E-state index in [2.05, 4.69) is 15.3 Å². The van der Waals surface area contributed by atoms with Crippen LogP contribution in [0.2, 0.25) is 0 Å². The Bertz CT molecular complexity index is 1290. The third-order valence-electron chi connectivity index (χ3n) is 4.67. The molecule has 0 saturated carbocycles. The maximum absolute atomic E-state index is 12.8. The summed E-state index contributed by atoms with van der Waals surface area (Å²) in [7, 11) is -4.00. The van der Waals surface area contributed by atoms with Crippen LogP contribution in [0.5, 0.6) is 0 Å². The van der Waals surface area contributed by atoms with Crippen molar-refractivity contribution in [2.75, 3.05) is 11.1 Å². The molecule has 2 N–H and O–H groups in total. The normalized spacial score (nSPS) is 11.4. The Morgan fingerprint density at radius 3 is 2.32 bits per heavy atom. The van der Waals surface area contributed by atoms with Gasteiger partial charge >= 0.3 is 0 Å². The van der Waals surface area contributed by atoms with Crippen molar-refractivity contribution in [2.45, 2.75) is 42.6 Å². The number of benzene rings is 2. The van der Waals surface area contributed by atoms with Gasteiger partial charge in [0.15, 0.2) is 10.1 Å². The molecule has 0 atom stereocenters. The van der Waals surface area contributed by atoms with Crippen LogP contribution in [-0.2, 0) is 14.6 Å². The van der Waals surface area contributed by atoms with E-state index < -0.39 is 20.3 Å². The summed E-state index contributed by atoms with van der Waals surface area (Å²) in [5.74, 6) is -0.247. The van der Waals surface area contributed by atoms with Gasteiger partial charge < -0.3 is 10.3 Å². The van der Waals surface area contributed by atoms with Gasteiger partial charge in [0.05, 0.1) is 16.8 Å². The number of sulfone groups is 1. The third-order valence-corrected chi connectivity index (χ3v) is 7.30. The van der Waals surface area contributed by atoms with Crippen LogP contribution in [0.3, 0.4) is 0 Å². The number of rotatable bonds is 6. The van der Waals surface area contributed by atoms with E-state index in [9.17, 15) is 18.0 Å². The van der Waals surface area contributed by atoms with Crippen LogP contribution in [0, 0.1) is 27.7 Å². The molecule has 0 aliphatic rings. The number of carbonyl (C=O) groups is 1. The van der Waals surface area contributed by atoms with Crippen molar-refractivity contribution < 1.29 is 13.2 Å². The van der Waals surface area contributed by atoms with Gasteiger partial charge in [-0.1, -0.05) is 23.9 Å². The molecule has 7 nitrogen and oxygen atoms in total. The molecule has 0 bridgehead atoms. The number of hydrogen-bond acceptors (Lipinski definition) is 6. The molecule has 0 aliphatic carbocycles. The Morgan fingerprint density at radius 2 is 1.71 bits per heavy atom. The van der Waals surface area contributed by atoms with Crippen molar-refractivity contribution in [3.8, 4) is 0 Å². The summed E-state index contributed by atoms with van der Waals surface area (Å²) in [6.45, 7) is 7.57. The number of hydrogen-bond donors (Lipinski definition) is 2. The molecular weight excluding hydrogens is 434 g/mol. The molecule has 2 aromatic carbocycles. The van der Waals surface area contributed by atoms with Crippen molar-refractivity contribution in [3.63, 3.8) is 0 Å². The Hall–Kier alpha value is -2.91. The second-order valence-corrected chi connectivity index (χ2v) is 10.2. The number of aromatic nitrogens is 2. The minimum absolute atomic E-state index is 0.0131. The van der Waals surface area contributed by atoms with Gasteiger partial charge in [0.25, 0.3) is 5.56 Å². The Kier molecular flexibility index (Phi) is 6.66. The van der Waals surface area contributed by atoms with Crippen LogP contribution < -0.4 is 10.9 Å². The second-order valence-electron chi connectivity index (χ2n) is 7.34. The van der Waals surface area contributed by atoms with E-state index >= 15 is 0 Å². The SMILES string of the molecule is Cc1cc(C)cc(NC(=O)CSc2ncc(S(=O)(=O)c3ccc(C)c(C)c3)c(=O)[nH]2)c1. The number of thioether (sulfide) groups is 1. The summed E-state index contributed by atoms with van der Waals surface area (Å²) >= 11 is 1.02. The largest absolute Gasteiger partial charge is 0.325 e. The predicted molar refractivity (Wildman–Crippen MR) is 121 cm³/mol. The van der Waals surface area contributed by atoms with Crippen LogP contribution in [0.4, 0.5) is 5.69 Å². The lowest BCUT2D eigenvalue weighted by molar-refractivity contribution is -0.113. The molecule has 0 saturated heterocycles. The van der Waals surface area contributed by atoms with Crippen molar-refractivity contribution >= 4 is 33.2 Å². The quantitative estimate of drug-likeness (QED) is 0.433. The molecule has 9 heteroatoms. The van der Waals surface area contributed by atoms with E-state index in [0.717, 1.165) is 40.2 Å². The lowest BCUT2D eigenvalue weighted by Gasteiger charge is -2.08. The molecule has 162 valence electrons. The van der Waals surface area contributed by atoms with Gasteiger partial charge in [-0.15, -0.1) is 0 Å². The monoisotopic (exact) mass is 457 g/mol. The molecule has 1 heterocycles. The van der Waals surface area contributed by atoms with E-state index in [1.54, 1.807) is 13.0 Å². The van der Waals surface area contributed by atoms with Crippen molar-refractivity contribution in [2.24, 2.45) is 0 Å². The summed E-state index contributed by atoms with van der Waals surface area (Å²) in [6, 6.07) is 10.4. The minimum atomic E-state index is -4.00. The van der Waals surface area contributed by atoms with Crippen LogP contribution >= 0.6 is 11.8 Å². The maximum Gasteiger partial charge on any atom is 0.270 e. The highest BCUT2D eigenvalue weighted by Gasteiger charge is 2.23. The molecule has 1 amide bonds. The Morgan fingerprint density at radius 1 is 1.03 bits per heavy atom. The molecule has 3 aromatic rings. The van der Waals surface area contributed by atoms with Crippen molar-refractivity contribution in [3.05, 3.63) is 75.2 Å². The molecule has 3 rings (SSSR count). The van der Waals surface area contributed by atoms with E-state index in [1.807, 2.05) is 39.0 Å². The first-order valence-corrected chi connectivity index (χ1v) is 12.0.